The van der Waals surface area contributed by atoms with Crippen molar-refractivity contribution in [3.05, 3.63) is 46.5 Å². The maximum Gasteiger partial charge on any atom is 0.334 e. The van der Waals surface area contributed by atoms with E-state index in [1.54, 1.807) is 0 Å². The summed E-state index contributed by atoms with van der Waals surface area (Å²) in [6.07, 6.45) is 3.55. The van der Waals surface area contributed by atoms with Crippen LogP contribution in [0, 0.1) is 0 Å². The fourth-order valence-electron chi connectivity index (χ4n) is 3.02. The van der Waals surface area contributed by atoms with Gasteiger partial charge in [-0.1, -0.05) is 46.8 Å². The highest BCUT2D eigenvalue weighted by molar-refractivity contribution is 14.1. The average molecular weight is 389 g/mol. The largest absolute Gasteiger partial charge is 0.454 e. The number of fused-ring (bicyclic) bond motifs is 1. The van der Waals surface area contributed by atoms with Crippen LogP contribution in [0.4, 0.5) is 0 Å². The molecule has 0 saturated carbocycles. The predicted molar refractivity (Wildman–Crippen MR) is 83.7 cm³/mol. The van der Waals surface area contributed by atoms with Gasteiger partial charge < -0.3 is 4.74 Å². The third-order valence-electron chi connectivity index (χ3n) is 3.99. The standard InChI is InChI=1S/C15H14ClIO2/c1-9-8-15(19-14(9)18)6-2-3-10-4-5-11(16)7-12(10)13(15)17/h4-5,7,13H,1-3,6,8H2/t13-,15+/m1/s1. The summed E-state index contributed by atoms with van der Waals surface area (Å²) in [6.45, 7) is 3.82. The Morgan fingerprint density at radius 3 is 2.95 bits per heavy atom. The number of aryl methyl sites for hydroxylation is 1. The number of carbonyl (C=O) groups excluding carboxylic acids is 1. The number of hydrogen-bond acceptors (Lipinski definition) is 2. The van der Waals surface area contributed by atoms with Crippen molar-refractivity contribution in [2.24, 2.45) is 0 Å². The molecule has 4 heteroatoms. The molecule has 0 aromatic heterocycles. The van der Waals surface area contributed by atoms with Gasteiger partial charge >= 0.3 is 5.97 Å². The zero-order valence-electron chi connectivity index (χ0n) is 10.4. The van der Waals surface area contributed by atoms with Crippen LogP contribution in [-0.4, -0.2) is 11.6 Å². The lowest BCUT2D eigenvalue weighted by molar-refractivity contribution is -0.146. The molecular formula is C15H14ClIO2. The second kappa shape index (κ2) is 4.77. The predicted octanol–water partition coefficient (Wildman–Crippen LogP) is 4.39. The fraction of sp³-hybridized carbons (Fsp3) is 0.400. The number of ether oxygens (including phenoxy) is 1. The summed E-state index contributed by atoms with van der Waals surface area (Å²) in [5.41, 5.74) is 2.68. The topological polar surface area (TPSA) is 26.3 Å². The van der Waals surface area contributed by atoms with Crippen LogP contribution in [0.1, 0.15) is 34.3 Å². The minimum Gasteiger partial charge on any atom is -0.454 e. The Balaban J connectivity index is 2.06. The van der Waals surface area contributed by atoms with Crippen LogP contribution in [0.5, 0.6) is 0 Å². The van der Waals surface area contributed by atoms with E-state index in [-0.39, 0.29) is 9.89 Å². The molecule has 2 aliphatic rings. The van der Waals surface area contributed by atoms with Crippen LogP contribution in [0.2, 0.25) is 5.02 Å². The Kier molecular flexibility index (Phi) is 3.38. The highest BCUT2D eigenvalue weighted by atomic mass is 127. The number of esters is 1. The number of alkyl halides is 1. The third kappa shape index (κ3) is 2.21. The zero-order valence-corrected chi connectivity index (χ0v) is 13.3. The molecule has 1 aliphatic carbocycles. The van der Waals surface area contributed by atoms with Crippen LogP contribution < -0.4 is 0 Å². The average Bonchev–Trinajstić information content (AvgIpc) is 2.59. The van der Waals surface area contributed by atoms with E-state index in [9.17, 15) is 4.79 Å². The highest BCUT2D eigenvalue weighted by Crippen LogP contribution is 2.51. The summed E-state index contributed by atoms with van der Waals surface area (Å²) in [7, 11) is 0. The SMILES string of the molecule is C=C1C[C@]2(CCCc3ccc(Cl)cc3[C@H]2I)OC1=O. The van der Waals surface area contributed by atoms with E-state index in [0.717, 1.165) is 24.3 Å². The number of benzene rings is 1. The quantitative estimate of drug-likeness (QED) is 0.285. The molecule has 1 saturated heterocycles. The van der Waals surface area contributed by atoms with Crippen molar-refractivity contribution in [1.82, 2.24) is 0 Å². The molecule has 0 bridgehead atoms. The Labute approximate surface area is 131 Å². The molecule has 1 heterocycles. The molecule has 100 valence electrons. The zero-order chi connectivity index (χ0) is 13.6. The minimum absolute atomic E-state index is 0.129. The first-order chi connectivity index (χ1) is 9.02. The van der Waals surface area contributed by atoms with Gasteiger partial charge in [-0.25, -0.2) is 4.79 Å². The van der Waals surface area contributed by atoms with Crippen LogP contribution in [0.3, 0.4) is 0 Å². The molecule has 1 fully saturated rings. The molecule has 2 nitrogen and oxygen atoms in total. The van der Waals surface area contributed by atoms with E-state index in [4.69, 9.17) is 16.3 Å². The summed E-state index contributed by atoms with van der Waals surface area (Å²) in [5, 5.41) is 0.737. The molecule has 0 radical (unpaired) electrons. The summed E-state index contributed by atoms with van der Waals surface area (Å²) in [6, 6.07) is 6.03. The van der Waals surface area contributed by atoms with E-state index in [1.807, 2.05) is 12.1 Å². The molecule has 1 spiro atoms. The Hall–Kier alpha value is -0.550. The third-order valence-corrected chi connectivity index (χ3v) is 6.03. The van der Waals surface area contributed by atoms with Gasteiger partial charge in [0.25, 0.3) is 0 Å². The Bertz CT molecular complexity index is 551. The fourth-order valence-corrected chi connectivity index (χ4v) is 4.44. The normalized spacial score (nSPS) is 30.1. The summed E-state index contributed by atoms with van der Waals surface area (Å²) >= 11 is 8.51. The monoisotopic (exact) mass is 388 g/mol. The lowest BCUT2D eigenvalue weighted by atomic mass is 9.88. The molecular weight excluding hydrogens is 375 g/mol. The number of hydrogen-bond donors (Lipinski definition) is 0. The van der Waals surface area contributed by atoms with Gasteiger partial charge in [-0.05, 0) is 42.5 Å². The first kappa shape index (κ1) is 13.4. The van der Waals surface area contributed by atoms with Crippen LogP contribution in [-0.2, 0) is 16.0 Å². The van der Waals surface area contributed by atoms with Gasteiger partial charge in [-0.3, -0.25) is 0 Å². The second-order valence-corrected chi connectivity index (χ2v) is 6.98. The van der Waals surface area contributed by atoms with Crippen LogP contribution in [0.15, 0.2) is 30.4 Å². The van der Waals surface area contributed by atoms with E-state index in [1.165, 1.54) is 11.1 Å². The maximum absolute atomic E-state index is 11.7. The molecule has 1 aliphatic heterocycles. The molecule has 0 unspecified atom stereocenters. The van der Waals surface area contributed by atoms with Crippen molar-refractivity contribution >= 4 is 40.2 Å². The van der Waals surface area contributed by atoms with Crippen molar-refractivity contribution in [1.29, 1.82) is 0 Å². The van der Waals surface area contributed by atoms with Crippen molar-refractivity contribution < 1.29 is 9.53 Å². The van der Waals surface area contributed by atoms with Gasteiger partial charge in [0.05, 0.1) is 3.92 Å². The molecule has 1 aromatic rings. The van der Waals surface area contributed by atoms with Gasteiger partial charge in [0.1, 0.15) is 5.60 Å². The second-order valence-electron chi connectivity index (χ2n) is 5.29. The lowest BCUT2D eigenvalue weighted by Crippen LogP contribution is -2.32. The van der Waals surface area contributed by atoms with Crippen LogP contribution >= 0.6 is 34.2 Å². The maximum atomic E-state index is 11.7. The van der Waals surface area contributed by atoms with Gasteiger partial charge in [-0.2, -0.15) is 0 Å². The summed E-state index contributed by atoms with van der Waals surface area (Å²) < 4.78 is 5.83. The van der Waals surface area contributed by atoms with Crippen molar-refractivity contribution in [3.8, 4) is 0 Å². The molecule has 1 aromatic carbocycles. The van der Waals surface area contributed by atoms with E-state index < -0.39 is 5.60 Å². The van der Waals surface area contributed by atoms with Gasteiger partial charge in [0.15, 0.2) is 0 Å². The van der Waals surface area contributed by atoms with Crippen molar-refractivity contribution in [2.45, 2.75) is 35.2 Å². The molecule has 2 atom stereocenters. The van der Waals surface area contributed by atoms with Gasteiger partial charge in [-0.15, -0.1) is 0 Å². The minimum atomic E-state index is -0.426. The molecule has 0 amide bonds. The van der Waals surface area contributed by atoms with E-state index in [0.29, 0.717) is 12.0 Å². The first-order valence-corrected chi connectivity index (χ1v) is 7.98. The Morgan fingerprint density at radius 2 is 2.26 bits per heavy atom. The van der Waals surface area contributed by atoms with E-state index in [2.05, 4.69) is 35.2 Å². The number of carbonyl (C=O) groups is 1. The highest BCUT2D eigenvalue weighted by Gasteiger charge is 2.49. The smallest absolute Gasteiger partial charge is 0.334 e. The Morgan fingerprint density at radius 1 is 1.47 bits per heavy atom. The van der Waals surface area contributed by atoms with Gasteiger partial charge in [0, 0.05) is 17.0 Å². The van der Waals surface area contributed by atoms with Crippen molar-refractivity contribution in [2.75, 3.05) is 0 Å². The van der Waals surface area contributed by atoms with E-state index >= 15 is 0 Å². The summed E-state index contributed by atoms with van der Waals surface area (Å²) in [5.74, 6) is -0.243. The van der Waals surface area contributed by atoms with Crippen LogP contribution in [0.25, 0.3) is 0 Å². The summed E-state index contributed by atoms with van der Waals surface area (Å²) in [4.78, 5) is 11.7. The van der Waals surface area contributed by atoms with Crippen molar-refractivity contribution in [3.63, 3.8) is 0 Å². The lowest BCUT2D eigenvalue weighted by Gasteiger charge is -2.31. The molecule has 0 N–H and O–H groups in total. The molecule has 19 heavy (non-hydrogen) atoms. The van der Waals surface area contributed by atoms with Gasteiger partial charge in [0.2, 0.25) is 0 Å². The first-order valence-electron chi connectivity index (χ1n) is 6.35. The number of halogens is 2. The molecule has 3 rings (SSSR count). The number of rotatable bonds is 0.